The Morgan fingerprint density at radius 3 is 2.17 bits per heavy atom. The van der Waals surface area contributed by atoms with Crippen molar-refractivity contribution in [1.29, 1.82) is 0 Å². The summed E-state index contributed by atoms with van der Waals surface area (Å²) in [5, 5.41) is 17.9. The fourth-order valence-electron chi connectivity index (χ4n) is 1.92. The molecule has 0 amide bonds. The van der Waals surface area contributed by atoms with Crippen LogP contribution in [0.5, 0.6) is 5.75 Å². The second-order valence-corrected chi connectivity index (χ2v) is 4.58. The Balaban J connectivity index is 2.48. The molecule has 2 N–H and O–H groups in total. The normalized spacial score (nSPS) is 12.2. The molecule has 1 aromatic heterocycles. The molecule has 0 spiro atoms. The zero-order valence-electron chi connectivity index (χ0n) is 11.6. The number of ether oxygens (including phenoxy) is 1. The van der Waals surface area contributed by atoms with Crippen molar-refractivity contribution in [1.82, 2.24) is 4.98 Å². The van der Waals surface area contributed by atoms with Gasteiger partial charge in [0.2, 0.25) is 0 Å². The van der Waals surface area contributed by atoms with Gasteiger partial charge >= 0.3 is 19.7 Å². The van der Waals surface area contributed by atoms with Crippen LogP contribution in [0.3, 0.4) is 0 Å². The summed E-state index contributed by atoms with van der Waals surface area (Å²) in [5.74, 6) is -0.623. The molecule has 1 heterocycles. The van der Waals surface area contributed by atoms with Crippen molar-refractivity contribution in [3.63, 3.8) is 0 Å². The summed E-state index contributed by atoms with van der Waals surface area (Å²) < 4.78 is 79.1. The molecule has 0 unspecified atom stereocenters. The molecule has 0 fully saturated rings. The van der Waals surface area contributed by atoms with Crippen LogP contribution in [0, 0.1) is 0 Å². The van der Waals surface area contributed by atoms with Crippen LogP contribution < -0.4 is 10.2 Å². The average Bonchev–Trinajstić information content (AvgIpc) is 2.44. The van der Waals surface area contributed by atoms with Crippen LogP contribution >= 0.6 is 0 Å². The molecule has 4 nitrogen and oxygen atoms in total. The highest BCUT2D eigenvalue weighted by Gasteiger charge is 2.38. The van der Waals surface area contributed by atoms with Gasteiger partial charge in [0.05, 0.1) is 5.69 Å². The van der Waals surface area contributed by atoms with Gasteiger partial charge in [0, 0.05) is 11.0 Å². The van der Waals surface area contributed by atoms with Crippen LogP contribution in [0.2, 0.25) is 0 Å². The lowest BCUT2D eigenvalue weighted by Gasteiger charge is -2.14. The highest BCUT2D eigenvalue weighted by molar-refractivity contribution is 6.59. The number of nitrogens with zero attached hydrogens (tertiary/aromatic N) is 1. The molecule has 0 saturated heterocycles. The number of benzene rings is 1. The van der Waals surface area contributed by atoms with E-state index in [1.165, 1.54) is 6.07 Å². The molecular formula is C13H8BF6NO3. The number of aromatic nitrogens is 1. The van der Waals surface area contributed by atoms with Crippen molar-refractivity contribution in [2.75, 3.05) is 0 Å². The largest absolute Gasteiger partial charge is 0.573 e. The maximum atomic E-state index is 12.9. The molecule has 0 bridgehead atoms. The third-order valence-electron chi connectivity index (χ3n) is 2.84. The van der Waals surface area contributed by atoms with E-state index >= 15 is 0 Å². The van der Waals surface area contributed by atoms with Gasteiger partial charge in [0.15, 0.2) is 0 Å². The fraction of sp³-hybridized carbons (Fsp3) is 0.154. The monoisotopic (exact) mass is 351 g/mol. The van der Waals surface area contributed by atoms with Crippen molar-refractivity contribution in [2.45, 2.75) is 12.5 Å². The van der Waals surface area contributed by atoms with Crippen molar-refractivity contribution < 1.29 is 41.1 Å². The summed E-state index contributed by atoms with van der Waals surface area (Å²) in [6.45, 7) is 0. The molecule has 1 aromatic carbocycles. The molecule has 24 heavy (non-hydrogen) atoms. The summed E-state index contributed by atoms with van der Waals surface area (Å²) in [4.78, 5) is 3.29. The van der Waals surface area contributed by atoms with Crippen LogP contribution in [-0.4, -0.2) is 28.5 Å². The number of pyridine rings is 1. The molecule has 2 aromatic rings. The maximum Gasteiger partial charge on any atom is 0.573 e. The van der Waals surface area contributed by atoms with Crippen molar-refractivity contribution in [3.05, 3.63) is 42.1 Å². The lowest BCUT2D eigenvalue weighted by molar-refractivity contribution is -0.274. The Bertz CT molecular complexity index is 732. The zero-order valence-corrected chi connectivity index (χ0v) is 11.6. The Kier molecular flexibility index (Phi) is 4.76. The molecule has 0 radical (unpaired) electrons. The SMILES string of the molecule is OB(O)c1ccc(-c2cccc(OC(F)(F)F)c2)nc1C(F)(F)F. The number of rotatable bonds is 3. The Hall–Kier alpha value is -2.27. The lowest BCUT2D eigenvalue weighted by Crippen LogP contribution is -2.37. The van der Waals surface area contributed by atoms with Gasteiger partial charge in [-0.25, -0.2) is 4.98 Å². The van der Waals surface area contributed by atoms with Gasteiger partial charge in [0.1, 0.15) is 11.4 Å². The minimum atomic E-state index is -4.98. The van der Waals surface area contributed by atoms with Crippen molar-refractivity contribution in [2.24, 2.45) is 0 Å². The molecule has 2 rings (SSSR count). The van der Waals surface area contributed by atoms with E-state index in [9.17, 15) is 26.3 Å². The second kappa shape index (κ2) is 6.32. The third-order valence-corrected chi connectivity index (χ3v) is 2.84. The standard InChI is InChI=1S/C13H8BF6NO3/c15-12(16,17)11-9(14(22)23)4-5-10(21-11)7-2-1-3-8(6-7)24-13(18,19)20/h1-6,22-23H. The Morgan fingerprint density at radius 2 is 1.62 bits per heavy atom. The van der Waals surface area contributed by atoms with Crippen molar-refractivity contribution >= 4 is 12.6 Å². The average molecular weight is 351 g/mol. The van der Waals surface area contributed by atoms with E-state index in [-0.39, 0.29) is 11.3 Å². The fourth-order valence-corrected chi connectivity index (χ4v) is 1.92. The highest BCUT2D eigenvalue weighted by atomic mass is 19.4. The van der Waals surface area contributed by atoms with E-state index in [1.54, 1.807) is 0 Å². The summed E-state index contributed by atoms with van der Waals surface area (Å²) in [6.07, 6.45) is -9.93. The van der Waals surface area contributed by atoms with E-state index in [4.69, 9.17) is 10.0 Å². The molecule has 0 atom stereocenters. The van der Waals surface area contributed by atoms with Crippen LogP contribution in [0.25, 0.3) is 11.3 Å². The van der Waals surface area contributed by atoms with E-state index in [0.29, 0.717) is 0 Å². The molecule has 0 aliphatic heterocycles. The zero-order chi connectivity index (χ0) is 18.1. The van der Waals surface area contributed by atoms with E-state index in [1.807, 2.05) is 0 Å². The summed E-state index contributed by atoms with van der Waals surface area (Å²) in [7, 11) is -2.40. The Morgan fingerprint density at radius 1 is 0.958 bits per heavy atom. The highest BCUT2D eigenvalue weighted by Crippen LogP contribution is 2.30. The van der Waals surface area contributed by atoms with E-state index in [0.717, 1.165) is 30.3 Å². The van der Waals surface area contributed by atoms with Crippen LogP contribution in [-0.2, 0) is 6.18 Å². The van der Waals surface area contributed by atoms with Gasteiger partial charge in [0.25, 0.3) is 0 Å². The third kappa shape index (κ3) is 4.39. The quantitative estimate of drug-likeness (QED) is 0.658. The van der Waals surface area contributed by atoms with Crippen molar-refractivity contribution in [3.8, 4) is 17.0 Å². The van der Waals surface area contributed by atoms with Gasteiger partial charge < -0.3 is 14.8 Å². The first-order chi connectivity index (χ1) is 11.0. The topological polar surface area (TPSA) is 62.6 Å². The first-order valence-corrected chi connectivity index (χ1v) is 6.28. The number of alkyl halides is 6. The molecular weight excluding hydrogens is 343 g/mol. The molecule has 128 valence electrons. The number of hydrogen-bond donors (Lipinski definition) is 2. The first-order valence-electron chi connectivity index (χ1n) is 6.28. The predicted octanol–water partition coefficient (Wildman–Crippen LogP) is 2.35. The minimum Gasteiger partial charge on any atom is -0.423 e. The van der Waals surface area contributed by atoms with E-state index in [2.05, 4.69) is 9.72 Å². The number of hydrogen-bond acceptors (Lipinski definition) is 4. The van der Waals surface area contributed by atoms with Gasteiger partial charge in [-0.1, -0.05) is 18.2 Å². The molecule has 11 heteroatoms. The number of halogens is 6. The van der Waals surface area contributed by atoms with Gasteiger partial charge in [-0.05, 0) is 18.2 Å². The van der Waals surface area contributed by atoms with Gasteiger partial charge in [-0.3, -0.25) is 0 Å². The Labute approximate surface area is 131 Å². The van der Waals surface area contributed by atoms with Crippen LogP contribution in [0.1, 0.15) is 5.69 Å². The maximum absolute atomic E-state index is 12.9. The molecule has 0 aliphatic carbocycles. The summed E-state index contributed by atoms with van der Waals surface area (Å²) in [6, 6.07) is 6.04. The van der Waals surface area contributed by atoms with E-state index < -0.39 is 36.6 Å². The second-order valence-electron chi connectivity index (χ2n) is 4.58. The van der Waals surface area contributed by atoms with Gasteiger partial charge in [-0.15, -0.1) is 13.2 Å². The predicted molar refractivity (Wildman–Crippen MR) is 71.2 cm³/mol. The first kappa shape index (κ1) is 18.1. The lowest BCUT2D eigenvalue weighted by atomic mass is 9.78. The molecule has 0 saturated carbocycles. The minimum absolute atomic E-state index is 0.0683. The van der Waals surface area contributed by atoms with Crippen LogP contribution in [0.4, 0.5) is 26.3 Å². The summed E-state index contributed by atoms with van der Waals surface area (Å²) >= 11 is 0. The molecule has 0 aliphatic rings. The van der Waals surface area contributed by atoms with Gasteiger partial charge in [-0.2, -0.15) is 13.2 Å². The summed E-state index contributed by atoms with van der Waals surface area (Å²) in [5.41, 5.74) is -2.79. The van der Waals surface area contributed by atoms with Crippen LogP contribution in [0.15, 0.2) is 36.4 Å². The smallest absolute Gasteiger partial charge is 0.423 e.